The number of thiol groups is 1. The summed E-state index contributed by atoms with van der Waals surface area (Å²) in [6, 6.07) is 11.1. The van der Waals surface area contributed by atoms with E-state index >= 15 is 0 Å². The van der Waals surface area contributed by atoms with E-state index in [0.29, 0.717) is 37.8 Å². The maximum atomic E-state index is 13.7. The largest absolute Gasteiger partial charge is 0.493 e. The molecule has 0 radical (unpaired) electrons. The molecule has 4 aliphatic rings. The van der Waals surface area contributed by atoms with Gasteiger partial charge in [-0.1, -0.05) is 24.3 Å². The van der Waals surface area contributed by atoms with Crippen LogP contribution in [0.25, 0.3) is 0 Å². The first-order valence-electron chi connectivity index (χ1n) is 13.0. The average Bonchev–Trinajstić information content (AvgIpc) is 3.21. The van der Waals surface area contributed by atoms with Gasteiger partial charge in [-0.25, -0.2) is 4.39 Å². The Labute approximate surface area is 216 Å². The Balaban J connectivity index is 1.11. The number of imide groups is 1. The van der Waals surface area contributed by atoms with Gasteiger partial charge in [-0.2, -0.15) is 12.6 Å². The molecular formula is C28H32FN3O3S. The third-order valence-electron chi connectivity index (χ3n) is 8.51. The smallest absolute Gasteiger partial charge is 0.243 e. The Bertz CT molecular complexity index is 1180. The number of ether oxygens (including phenoxy) is 1. The van der Waals surface area contributed by atoms with E-state index in [0.717, 1.165) is 50.2 Å². The van der Waals surface area contributed by atoms with Gasteiger partial charge in [0.1, 0.15) is 11.6 Å². The Morgan fingerprint density at radius 3 is 2.69 bits per heavy atom. The van der Waals surface area contributed by atoms with Crippen LogP contribution in [0, 0.1) is 11.7 Å². The first kappa shape index (κ1) is 23.9. The highest BCUT2D eigenvalue weighted by Gasteiger charge is 2.40. The number of likely N-dealkylation sites (tertiary alicyclic amines) is 1. The van der Waals surface area contributed by atoms with E-state index in [4.69, 9.17) is 17.4 Å². The molecule has 190 valence electrons. The van der Waals surface area contributed by atoms with E-state index in [-0.39, 0.29) is 29.0 Å². The second kappa shape index (κ2) is 9.80. The number of nitrogens with one attached hydrogen (secondary N) is 1. The fourth-order valence-corrected chi connectivity index (χ4v) is 7.08. The van der Waals surface area contributed by atoms with Crippen LogP contribution < -0.4 is 10.1 Å². The first-order chi connectivity index (χ1) is 17.5. The molecular weight excluding hydrogens is 477 g/mol. The van der Waals surface area contributed by atoms with Crippen LogP contribution >= 0.6 is 12.6 Å². The van der Waals surface area contributed by atoms with Gasteiger partial charge in [0.2, 0.25) is 11.8 Å². The minimum atomic E-state index is -0.322. The Morgan fingerprint density at radius 1 is 1.06 bits per heavy atom. The Kier molecular flexibility index (Phi) is 6.52. The van der Waals surface area contributed by atoms with Crippen molar-refractivity contribution in [2.75, 3.05) is 19.7 Å². The SMILES string of the molecule is O=C1CCC(N2Cc3c(CN4CCC(C5CCOc6cc(F)ccc65)CC4)cccc3C2S)C(=O)N1. The molecule has 4 aliphatic heterocycles. The second-order valence-electron chi connectivity index (χ2n) is 10.5. The van der Waals surface area contributed by atoms with Crippen LogP contribution in [0.5, 0.6) is 5.75 Å². The molecule has 2 aromatic rings. The number of benzene rings is 2. The van der Waals surface area contributed by atoms with Crippen molar-refractivity contribution >= 4 is 24.4 Å². The van der Waals surface area contributed by atoms with Crippen LogP contribution in [-0.2, 0) is 22.7 Å². The summed E-state index contributed by atoms with van der Waals surface area (Å²) in [7, 11) is 0. The lowest BCUT2D eigenvalue weighted by atomic mass is 9.77. The summed E-state index contributed by atoms with van der Waals surface area (Å²) in [6.07, 6.45) is 4.15. The predicted octanol–water partition coefficient (Wildman–Crippen LogP) is 4.15. The molecule has 0 aromatic heterocycles. The quantitative estimate of drug-likeness (QED) is 0.479. The van der Waals surface area contributed by atoms with Gasteiger partial charge in [0.25, 0.3) is 0 Å². The van der Waals surface area contributed by atoms with Crippen molar-refractivity contribution in [3.8, 4) is 5.75 Å². The Morgan fingerprint density at radius 2 is 1.89 bits per heavy atom. The van der Waals surface area contributed by atoms with Crippen LogP contribution in [0.4, 0.5) is 4.39 Å². The molecule has 1 N–H and O–H groups in total. The molecule has 36 heavy (non-hydrogen) atoms. The minimum Gasteiger partial charge on any atom is -0.493 e. The zero-order valence-corrected chi connectivity index (χ0v) is 21.2. The zero-order chi connectivity index (χ0) is 24.8. The van der Waals surface area contributed by atoms with Gasteiger partial charge in [0.05, 0.1) is 18.0 Å². The summed E-state index contributed by atoms with van der Waals surface area (Å²) < 4.78 is 19.4. The van der Waals surface area contributed by atoms with E-state index in [9.17, 15) is 14.0 Å². The number of halogens is 1. The molecule has 2 fully saturated rings. The topological polar surface area (TPSA) is 61.9 Å². The highest BCUT2D eigenvalue weighted by molar-refractivity contribution is 7.80. The van der Waals surface area contributed by atoms with E-state index in [1.807, 2.05) is 6.07 Å². The molecule has 0 aliphatic carbocycles. The van der Waals surface area contributed by atoms with E-state index < -0.39 is 0 Å². The zero-order valence-electron chi connectivity index (χ0n) is 20.3. The van der Waals surface area contributed by atoms with Gasteiger partial charge in [-0.15, -0.1) is 0 Å². The summed E-state index contributed by atoms with van der Waals surface area (Å²) in [4.78, 5) is 28.8. The predicted molar refractivity (Wildman–Crippen MR) is 137 cm³/mol. The molecule has 2 saturated heterocycles. The summed E-state index contributed by atoms with van der Waals surface area (Å²) in [6.45, 7) is 4.28. The maximum Gasteiger partial charge on any atom is 0.243 e. The normalized spacial score (nSPS) is 27.3. The molecule has 6 rings (SSSR count). The number of amides is 2. The van der Waals surface area contributed by atoms with Gasteiger partial charge in [-0.3, -0.25) is 24.7 Å². The second-order valence-corrected chi connectivity index (χ2v) is 11.0. The monoisotopic (exact) mass is 509 g/mol. The fourth-order valence-electron chi connectivity index (χ4n) is 6.60. The van der Waals surface area contributed by atoms with Crippen molar-refractivity contribution in [2.45, 2.75) is 62.5 Å². The third-order valence-corrected chi connectivity index (χ3v) is 9.08. The van der Waals surface area contributed by atoms with Crippen LogP contribution in [-0.4, -0.2) is 47.4 Å². The first-order valence-corrected chi connectivity index (χ1v) is 13.5. The molecule has 4 heterocycles. The van der Waals surface area contributed by atoms with Gasteiger partial charge >= 0.3 is 0 Å². The number of hydrogen-bond donors (Lipinski definition) is 2. The van der Waals surface area contributed by atoms with E-state index in [1.54, 1.807) is 6.07 Å². The van der Waals surface area contributed by atoms with Crippen LogP contribution in [0.3, 0.4) is 0 Å². The molecule has 8 heteroatoms. The Hall–Kier alpha value is -2.42. The molecule has 0 saturated carbocycles. The van der Waals surface area contributed by atoms with E-state index in [2.05, 4.69) is 33.3 Å². The maximum absolute atomic E-state index is 13.7. The van der Waals surface area contributed by atoms with Gasteiger partial charge in [0, 0.05) is 25.6 Å². The van der Waals surface area contributed by atoms with Crippen molar-refractivity contribution < 1.29 is 18.7 Å². The lowest BCUT2D eigenvalue weighted by Gasteiger charge is -2.38. The standard InChI is InChI=1S/C28H32FN3O3S/c29-19-4-5-21-20(10-13-35-25(21)14-19)17-8-11-31(12-9-17)15-18-2-1-3-22-23(18)16-32(28(22)36)24-6-7-26(33)30-27(24)34/h1-5,14,17,20,24,28,36H,6-13,15-16H2,(H,30,33,34). The summed E-state index contributed by atoms with van der Waals surface area (Å²) in [5.74, 6) is 1.10. The summed E-state index contributed by atoms with van der Waals surface area (Å²) in [5, 5.41) is 2.34. The summed E-state index contributed by atoms with van der Waals surface area (Å²) in [5.41, 5.74) is 4.90. The number of fused-ring (bicyclic) bond motifs is 2. The van der Waals surface area contributed by atoms with Crippen LogP contribution in [0.2, 0.25) is 0 Å². The number of hydrogen-bond acceptors (Lipinski definition) is 6. The van der Waals surface area contributed by atoms with Crippen molar-refractivity contribution in [3.05, 3.63) is 64.5 Å². The van der Waals surface area contributed by atoms with Crippen molar-refractivity contribution in [3.63, 3.8) is 0 Å². The molecule has 6 nitrogen and oxygen atoms in total. The van der Waals surface area contributed by atoms with Gasteiger partial charge in [0.15, 0.2) is 0 Å². The number of carbonyl (C=O) groups excluding carboxylic acids is 2. The number of piperidine rings is 2. The average molecular weight is 510 g/mol. The molecule has 0 bridgehead atoms. The highest BCUT2D eigenvalue weighted by Crippen LogP contribution is 2.44. The van der Waals surface area contributed by atoms with E-state index in [1.165, 1.54) is 22.8 Å². The number of carbonyl (C=O) groups is 2. The van der Waals surface area contributed by atoms with Crippen molar-refractivity contribution in [2.24, 2.45) is 5.92 Å². The fraction of sp³-hybridized carbons (Fsp3) is 0.500. The van der Waals surface area contributed by atoms with Crippen LogP contribution in [0.15, 0.2) is 36.4 Å². The van der Waals surface area contributed by atoms with Gasteiger partial charge < -0.3 is 4.74 Å². The molecule has 3 atom stereocenters. The molecule has 2 amide bonds. The third kappa shape index (κ3) is 4.44. The molecule has 3 unspecified atom stereocenters. The number of nitrogens with zero attached hydrogens (tertiary/aromatic N) is 2. The number of rotatable bonds is 4. The van der Waals surface area contributed by atoms with Crippen LogP contribution in [0.1, 0.15) is 65.6 Å². The van der Waals surface area contributed by atoms with Crippen molar-refractivity contribution in [1.82, 2.24) is 15.1 Å². The molecule has 0 spiro atoms. The highest BCUT2D eigenvalue weighted by atomic mass is 32.1. The minimum absolute atomic E-state index is 0.145. The summed E-state index contributed by atoms with van der Waals surface area (Å²) >= 11 is 4.87. The van der Waals surface area contributed by atoms with Crippen molar-refractivity contribution in [1.29, 1.82) is 0 Å². The lowest BCUT2D eigenvalue weighted by molar-refractivity contribution is -0.137. The lowest BCUT2D eigenvalue weighted by Crippen LogP contribution is -2.51. The molecule has 2 aromatic carbocycles. The van der Waals surface area contributed by atoms with Gasteiger partial charge in [-0.05, 0) is 78.9 Å².